The first kappa shape index (κ1) is 53.9. The van der Waals surface area contributed by atoms with Crippen molar-refractivity contribution in [1.29, 1.82) is 0 Å². The highest BCUT2D eigenvalue weighted by molar-refractivity contribution is 6.84. The molecule has 2 fully saturated rings. The molecule has 2 aromatic carbocycles. The lowest BCUT2D eigenvalue weighted by Gasteiger charge is -2.43. The molecule has 10 nitrogen and oxygen atoms in total. The average molecular weight is 1020 g/mol. The molecule has 2 saturated heterocycles. The summed E-state index contributed by atoms with van der Waals surface area (Å²) < 4.78 is 51.1. The molecule has 14 heteroatoms. The van der Waals surface area contributed by atoms with Crippen molar-refractivity contribution in [2.24, 2.45) is 10.8 Å². The van der Waals surface area contributed by atoms with Gasteiger partial charge in [-0.1, -0.05) is 165 Å². The zero-order valence-electron chi connectivity index (χ0n) is 44.4. The lowest BCUT2D eigenvalue weighted by molar-refractivity contribution is -0.151. The van der Waals surface area contributed by atoms with Gasteiger partial charge in [0.1, 0.15) is 40.6 Å². The molecular weight excluding hydrogens is 945 g/mol. The molecule has 8 rings (SSSR count). The predicted molar refractivity (Wildman–Crippen MR) is 285 cm³/mol. The highest BCUT2D eigenvalue weighted by Crippen LogP contribution is 2.59. The van der Waals surface area contributed by atoms with Crippen LogP contribution in [-0.2, 0) is 60.1 Å². The van der Waals surface area contributed by atoms with E-state index in [1.54, 1.807) is 0 Å². The van der Waals surface area contributed by atoms with Gasteiger partial charge in [-0.15, -0.1) is 11.1 Å². The second kappa shape index (κ2) is 19.2. The molecule has 4 bridgehead atoms. The Bertz CT molecular complexity index is 2350. The number of ether oxygens (including phenoxy) is 6. The van der Waals surface area contributed by atoms with E-state index in [-0.39, 0.29) is 34.2 Å². The minimum Gasteiger partial charge on any atom is -0.434 e. The van der Waals surface area contributed by atoms with Crippen molar-refractivity contribution in [3.05, 3.63) is 121 Å². The first-order chi connectivity index (χ1) is 32.4. The number of esters is 2. The van der Waals surface area contributed by atoms with E-state index >= 15 is 0 Å². The van der Waals surface area contributed by atoms with Gasteiger partial charge in [0, 0.05) is 0 Å². The Kier molecular flexibility index (Phi) is 14.8. The molecule has 0 amide bonds. The number of carbonyl (C=O) groups is 2. The van der Waals surface area contributed by atoms with Gasteiger partial charge in [-0.2, -0.15) is 0 Å². The number of fused-ring (bicyclic) bond motifs is 6. The van der Waals surface area contributed by atoms with E-state index in [9.17, 15) is 9.59 Å². The molecule has 0 N–H and O–H groups in total. The third kappa shape index (κ3) is 10.2. The van der Waals surface area contributed by atoms with E-state index in [0.717, 1.165) is 11.1 Å². The lowest BCUT2D eigenvalue weighted by Crippen LogP contribution is -2.56. The molecular formula is C56H76O10Si4. The van der Waals surface area contributed by atoms with Crippen molar-refractivity contribution in [3.63, 3.8) is 0 Å². The van der Waals surface area contributed by atoms with Gasteiger partial charge in [0.15, 0.2) is 38.7 Å². The molecule has 0 aliphatic carbocycles. The fourth-order valence-corrected chi connectivity index (χ4v) is 12.7. The van der Waals surface area contributed by atoms with E-state index < -0.39 is 79.2 Å². The number of hydrogen-bond acceptors (Lipinski definition) is 10. The minimum atomic E-state index is -2.31. The van der Waals surface area contributed by atoms with Crippen molar-refractivity contribution in [1.82, 2.24) is 0 Å². The zero-order chi connectivity index (χ0) is 51.4. The van der Waals surface area contributed by atoms with Crippen LogP contribution >= 0.6 is 0 Å². The Morgan fingerprint density at radius 1 is 0.529 bits per heavy atom. The van der Waals surface area contributed by atoms with Gasteiger partial charge >= 0.3 is 11.9 Å². The second-order valence-electron chi connectivity index (χ2n) is 24.6. The van der Waals surface area contributed by atoms with Gasteiger partial charge in [0.25, 0.3) is 0 Å². The Hall–Kier alpha value is -3.91. The maximum atomic E-state index is 13.5. The van der Waals surface area contributed by atoms with Crippen LogP contribution in [-0.4, -0.2) is 92.5 Å². The first-order valence-electron chi connectivity index (χ1n) is 24.7. The van der Waals surface area contributed by atoms with Crippen LogP contribution in [0.2, 0.25) is 75.5 Å². The second-order valence-corrected chi connectivity index (χ2v) is 43.6. The molecule has 0 unspecified atom stereocenters. The van der Waals surface area contributed by atoms with Crippen LogP contribution in [0.4, 0.5) is 0 Å². The smallest absolute Gasteiger partial charge is 0.328 e. The van der Waals surface area contributed by atoms with Crippen LogP contribution in [0.5, 0.6) is 0 Å². The SMILES string of the molecule is CC(C)(C)[Si](C)(C)O[C@@H]1[C@H]2O[C@](C#C[Si](C)(C)C)(C=C[C@@H]2OCc2ccccc2)[C@]12C=COC2=O.CC(C)(C)[Si](C)(C)O[C@@H]1[C@H]2O[C@](C#C[Si](C)(C)C)(C=C[C@@H]2OCc2ccccc2)[C@]12C=COC2=O. The van der Waals surface area contributed by atoms with Crippen LogP contribution < -0.4 is 0 Å². The summed E-state index contributed by atoms with van der Waals surface area (Å²) in [7, 11) is -8.14. The van der Waals surface area contributed by atoms with Crippen molar-refractivity contribution in [3.8, 4) is 22.9 Å². The van der Waals surface area contributed by atoms with E-state index in [4.69, 9.17) is 37.3 Å². The highest BCUT2D eigenvalue weighted by Gasteiger charge is 2.75. The largest absolute Gasteiger partial charge is 0.434 e. The fourth-order valence-electron chi connectivity index (χ4n) is 8.96. The number of carbonyl (C=O) groups excluding carboxylic acids is 2. The molecule has 0 radical (unpaired) electrons. The van der Waals surface area contributed by atoms with Crippen LogP contribution in [0.15, 0.2) is 110 Å². The number of hydrogen-bond donors (Lipinski definition) is 0. The van der Waals surface area contributed by atoms with E-state index in [2.05, 4.69) is 130 Å². The summed E-state index contributed by atoms with van der Waals surface area (Å²) >= 11 is 0. The van der Waals surface area contributed by atoms with Crippen molar-refractivity contribution >= 4 is 44.7 Å². The summed E-state index contributed by atoms with van der Waals surface area (Å²) in [6.07, 6.45) is 11.5. The normalized spacial score (nSPS) is 32.0. The maximum absolute atomic E-state index is 13.5. The van der Waals surface area contributed by atoms with E-state index in [1.165, 1.54) is 12.5 Å². The molecule has 0 saturated carbocycles. The summed E-state index contributed by atoms with van der Waals surface area (Å²) in [5.74, 6) is 6.07. The van der Waals surface area contributed by atoms with Crippen molar-refractivity contribution in [2.75, 3.05) is 0 Å². The lowest BCUT2D eigenvalue weighted by atomic mass is 9.70. The monoisotopic (exact) mass is 1020 g/mol. The number of benzene rings is 2. The number of cyclic esters (lactones) is 2. The summed E-state index contributed by atoms with van der Waals surface area (Å²) in [5, 5.41) is -0.107. The Morgan fingerprint density at radius 3 is 1.16 bits per heavy atom. The standard InChI is InChI=1S/2C28H38O5Si2/c2*1-26(2,3)35(7,8)33-24-23-22(31-20-21-12-10-9-11-13-21)14-15-27(32-23,17-19-34(4,5)6)28(24)16-18-30-25(28)29/h2*9-16,18,22-24H,20H2,1-8H3/t2*22-,23-,24+,27-,28+/m00/s1. The first-order valence-corrected chi connectivity index (χ1v) is 37.5. The topological polar surface area (TPSA) is 108 Å². The Labute approximate surface area is 422 Å². The third-order valence-electron chi connectivity index (χ3n) is 15.0. The molecule has 6 heterocycles. The van der Waals surface area contributed by atoms with Crippen LogP contribution in [0, 0.1) is 33.8 Å². The summed E-state index contributed by atoms with van der Waals surface area (Å²) in [4.78, 5) is 27.1. The maximum Gasteiger partial charge on any atom is 0.328 e. The summed E-state index contributed by atoms with van der Waals surface area (Å²) in [6, 6.07) is 20.1. The number of rotatable bonds is 10. The van der Waals surface area contributed by atoms with Crippen LogP contribution in [0.25, 0.3) is 0 Å². The van der Waals surface area contributed by atoms with Gasteiger partial charge in [-0.3, -0.25) is 9.59 Å². The molecule has 376 valence electrons. The summed E-state index contributed by atoms with van der Waals surface area (Å²) in [5.41, 5.74) is 4.40. The quantitative estimate of drug-likeness (QED) is 0.0988. The van der Waals surface area contributed by atoms with Crippen LogP contribution in [0.3, 0.4) is 0 Å². The van der Waals surface area contributed by atoms with Gasteiger partial charge in [0.2, 0.25) is 0 Å². The van der Waals surface area contributed by atoms with Gasteiger partial charge in [-0.25, -0.2) is 0 Å². The zero-order valence-corrected chi connectivity index (χ0v) is 48.4. The Morgan fingerprint density at radius 2 is 0.871 bits per heavy atom. The average Bonchev–Trinajstić information content (AvgIpc) is 3.97. The van der Waals surface area contributed by atoms with E-state index in [0.29, 0.717) is 13.2 Å². The molecule has 0 aromatic heterocycles. The van der Waals surface area contributed by atoms with Gasteiger partial charge < -0.3 is 37.3 Å². The molecule has 2 aromatic rings. The van der Waals surface area contributed by atoms with E-state index in [1.807, 2.05) is 97.1 Å². The van der Waals surface area contributed by atoms with Crippen LogP contribution in [0.1, 0.15) is 52.7 Å². The van der Waals surface area contributed by atoms with Crippen molar-refractivity contribution in [2.45, 2.75) is 178 Å². The highest BCUT2D eigenvalue weighted by atomic mass is 28.4. The predicted octanol–water partition coefficient (Wildman–Crippen LogP) is 11.2. The third-order valence-corrected chi connectivity index (χ3v) is 25.7. The van der Waals surface area contributed by atoms with Crippen molar-refractivity contribution < 1.29 is 46.9 Å². The summed E-state index contributed by atoms with van der Waals surface area (Å²) in [6.45, 7) is 35.9. The molecule has 6 aliphatic rings. The van der Waals surface area contributed by atoms with Gasteiger partial charge in [-0.05, 0) is 71.7 Å². The molecule has 10 atom stereocenters. The molecule has 2 spiro atoms. The molecule has 70 heavy (non-hydrogen) atoms. The van der Waals surface area contributed by atoms with Gasteiger partial charge in [0.05, 0.1) is 37.9 Å². The fraction of sp³-hybridized carbons (Fsp3) is 0.536. The minimum absolute atomic E-state index is 0.0535. The Balaban J connectivity index is 0.000000206. The molecule has 6 aliphatic heterocycles.